The first-order chi connectivity index (χ1) is 14.3. The van der Waals surface area contributed by atoms with E-state index in [0.29, 0.717) is 6.54 Å². The molecule has 0 bridgehead atoms. The highest BCUT2D eigenvalue weighted by molar-refractivity contribution is 5.89. The third kappa shape index (κ3) is 5.40. The topological polar surface area (TPSA) is 60.5 Å². The molecule has 2 saturated heterocycles. The van der Waals surface area contributed by atoms with Gasteiger partial charge in [-0.25, -0.2) is 9.78 Å². The van der Waals surface area contributed by atoms with Gasteiger partial charge in [-0.1, -0.05) is 25.0 Å². The summed E-state index contributed by atoms with van der Waals surface area (Å²) in [5.41, 5.74) is 3.00. The minimum atomic E-state index is -0.194. The summed E-state index contributed by atoms with van der Waals surface area (Å²) >= 11 is 0. The van der Waals surface area contributed by atoms with Crippen LogP contribution in [0.2, 0.25) is 0 Å². The molecule has 1 aromatic heterocycles. The molecule has 6 nitrogen and oxygen atoms in total. The van der Waals surface area contributed by atoms with Gasteiger partial charge >= 0.3 is 6.03 Å². The standard InChI is InChI=1S/C23H31N5O/c29-23(26-20-8-7-9-21(16-20)27-12-5-6-13-27)25-18-19-10-11-22(24-17-19)28-14-3-1-2-4-15-28/h7-11,16-17H,1-6,12-15,18H2,(H2,25,26,29). The van der Waals surface area contributed by atoms with Crippen LogP contribution in [0.3, 0.4) is 0 Å². The van der Waals surface area contributed by atoms with Crippen molar-refractivity contribution in [1.29, 1.82) is 0 Å². The predicted molar refractivity (Wildman–Crippen MR) is 119 cm³/mol. The third-order valence-corrected chi connectivity index (χ3v) is 5.77. The molecule has 2 aromatic rings. The molecule has 2 fully saturated rings. The number of nitrogens with one attached hydrogen (secondary N) is 2. The summed E-state index contributed by atoms with van der Waals surface area (Å²) in [5.74, 6) is 1.04. The first-order valence-corrected chi connectivity index (χ1v) is 10.9. The predicted octanol–water partition coefficient (Wildman–Crippen LogP) is 4.38. The molecule has 0 unspecified atom stereocenters. The number of urea groups is 1. The van der Waals surface area contributed by atoms with E-state index in [1.165, 1.54) is 44.2 Å². The van der Waals surface area contributed by atoms with Crippen molar-refractivity contribution in [3.63, 3.8) is 0 Å². The smallest absolute Gasteiger partial charge is 0.319 e. The van der Waals surface area contributed by atoms with Crippen LogP contribution in [0, 0.1) is 0 Å². The van der Waals surface area contributed by atoms with E-state index in [9.17, 15) is 4.79 Å². The monoisotopic (exact) mass is 393 g/mol. The normalized spacial score (nSPS) is 17.1. The Hall–Kier alpha value is -2.76. The zero-order valence-electron chi connectivity index (χ0n) is 17.1. The third-order valence-electron chi connectivity index (χ3n) is 5.77. The van der Waals surface area contributed by atoms with Crippen molar-refractivity contribution in [2.24, 2.45) is 0 Å². The van der Waals surface area contributed by atoms with Gasteiger partial charge in [0, 0.05) is 50.3 Å². The van der Waals surface area contributed by atoms with Crippen LogP contribution < -0.4 is 20.4 Å². The lowest BCUT2D eigenvalue weighted by Gasteiger charge is -2.21. The lowest BCUT2D eigenvalue weighted by Crippen LogP contribution is -2.28. The Labute approximate surface area is 173 Å². The lowest BCUT2D eigenvalue weighted by molar-refractivity contribution is 0.251. The Morgan fingerprint density at radius 2 is 1.62 bits per heavy atom. The molecular weight excluding hydrogens is 362 g/mol. The van der Waals surface area contributed by atoms with Crippen molar-refractivity contribution in [1.82, 2.24) is 10.3 Å². The fourth-order valence-corrected chi connectivity index (χ4v) is 4.12. The fraction of sp³-hybridized carbons (Fsp3) is 0.478. The number of carbonyl (C=O) groups is 1. The Balaban J connectivity index is 1.27. The molecule has 2 N–H and O–H groups in total. The number of hydrogen-bond donors (Lipinski definition) is 2. The van der Waals surface area contributed by atoms with E-state index >= 15 is 0 Å². The van der Waals surface area contributed by atoms with Crippen molar-refractivity contribution in [3.05, 3.63) is 48.2 Å². The highest BCUT2D eigenvalue weighted by Crippen LogP contribution is 2.23. The van der Waals surface area contributed by atoms with E-state index in [-0.39, 0.29) is 6.03 Å². The molecule has 2 amide bonds. The number of rotatable bonds is 5. The Kier molecular flexibility index (Phi) is 6.49. The summed E-state index contributed by atoms with van der Waals surface area (Å²) in [4.78, 5) is 21.6. The zero-order valence-corrected chi connectivity index (χ0v) is 17.1. The molecule has 0 aliphatic carbocycles. The molecule has 0 saturated carbocycles. The average Bonchev–Trinajstić information content (AvgIpc) is 3.16. The molecule has 0 spiro atoms. The average molecular weight is 394 g/mol. The molecule has 0 radical (unpaired) electrons. The van der Waals surface area contributed by atoms with Gasteiger partial charge in [-0.2, -0.15) is 0 Å². The lowest BCUT2D eigenvalue weighted by atomic mass is 10.2. The molecule has 154 valence electrons. The highest BCUT2D eigenvalue weighted by atomic mass is 16.2. The van der Waals surface area contributed by atoms with Crippen LogP contribution in [-0.2, 0) is 6.54 Å². The van der Waals surface area contributed by atoms with Gasteiger partial charge in [0.2, 0.25) is 0 Å². The number of carbonyl (C=O) groups excluding carboxylic acids is 1. The Morgan fingerprint density at radius 1 is 0.897 bits per heavy atom. The summed E-state index contributed by atoms with van der Waals surface area (Å²) in [7, 11) is 0. The van der Waals surface area contributed by atoms with Gasteiger partial charge in [-0.3, -0.25) is 0 Å². The maximum atomic E-state index is 12.3. The molecule has 29 heavy (non-hydrogen) atoms. The summed E-state index contributed by atoms with van der Waals surface area (Å²) in [5, 5.41) is 5.87. The van der Waals surface area contributed by atoms with Gasteiger partial charge in [0.05, 0.1) is 0 Å². The minimum absolute atomic E-state index is 0.194. The number of aromatic nitrogens is 1. The largest absolute Gasteiger partial charge is 0.371 e. The van der Waals surface area contributed by atoms with E-state index in [1.807, 2.05) is 24.4 Å². The maximum absolute atomic E-state index is 12.3. The van der Waals surface area contributed by atoms with Crippen LogP contribution >= 0.6 is 0 Å². The van der Waals surface area contributed by atoms with Crippen molar-refractivity contribution < 1.29 is 4.79 Å². The second-order valence-corrected chi connectivity index (χ2v) is 7.98. The first kappa shape index (κ1) is 19.6. The maximum Gasteiger partial charge on any atom is 0.319 e. The van der Waals surface area contributed by atoms with Crippen molar-refractivity contribution in [2.75, 3.05) is 41.3 Å². The molecule has 1 aromatic carbocycles. The molecule has 3 heterocycles. The number of anilines is 3. The van der Waals surface area contributed by atoms with Gasteiger partial charge in [-0.15, -0.1) is 0 Å². The Morgan fingerprint density at radius 3 is 2.34 bits per heavy atom. The van der Waals surface area contributed by atoms with E-state index in [4.69, 9.17) is 0 Å². The molecule has 6 heteroatoms. The van der Waals surface area contributed by atoms with Crippen LogP contribution in [0.15, 0.2) is 42.6 Å². The minimum Gasteiger partial charge on any atom is -0.371 e. The van der Waals surface area contributed by atoms with Crippen molar-refractivity contribution in [3.8, 4) is 0 Å². The van der Waals surface area contributed by atoms with E-state index in [1.54, 1.807) is 0 Å². The van der Waals surface area contributed by atoms with E-state index < -0.39 is 0 Å². The zero-order chi connectivity index (χ0) is 19.9. The van der Waals surface area contributed by atoms with Crippen LogP contribution in [0.4, 0.5) is 22.0 Å². The van der Waals surface area contributed by atoms with E-state index in [2.05, 4.69) is 43.6 Å². The number of pyridine rings is 1. The quantitative estimate of drug-likeness (QED) is 0.791. The summed E-state index contributed by atoms with van der Waals surface area (Å²) in [6.07, 6.45) is 9.46. The second kappa shape index (κ2) is 9.63. The summed E-state index contributed by atoms with van der Waals surface area (Å²) in [6.45, 7) is 4.82. The summed E-state index contributed by atoms with van der Waals surface area (Å²) in [6, 6.07) is 12.0. The van der Waals surface area contributed by atoms with Gasteiger partial charge in [0.15, 0.2) is 0 Å². The van der Waals surface area contributed by atoms with Crippen molar-refractivity contribution >= 4 is 23.2 Å². The number of amides is 2. The summed E-state index contributed by atoms with van der Waals surface area (Å²) < 4.78 is 0. The van der Waals surface area contributed by atoms with Gasteiger partial charge < -0.3 is 20.4 Å². The molecule has 0 atom stereocenters. The van der Waals surface area contributed by atoms with Crippen LogP contribution in [-0.4, -0.2) is 37.2 Å². The van der Waals surface area contributed by atoms with Crippen LogP contribution in [0.5, 0.6) is 0 Å². The Bertz CT molecular complexity index is 793. The SMILES string of the molecule is O=C(NCc1ccc(N2CCCCCC2)nc1)Nc1cccc(N2CCCC2)c1. The first-order valence-electron chi connectivity index (χ1n) is 10.9. The van der Waals surface area contributed by atoms with Gasteiger partial charge in [-0.05, 0) is 55.5 Å². The van der Waals surface area contributed by atoms with Gasteiger partial charge in [0.1, 0.15) is 5.82 Å². The van der Waals surface area contributed by atoms with Gasteiger partial charge in [0.25, 0.3) is 0 Å². The van der Waals surface area contributed by atoms with Crippen molar-refractivity contribution in [2.45, 2.75) is 45.1 Å². The second-order valence-electron chi connectivity index (χ2n) is 7.98. The number of nitrogens with zero attached hydrogens (tertiary/aromatic N) is 3. The molecule has 2 aliphatic heterocycles. The number of benzene rings is 1. The molecular formula is C23H31N5O. The molecule has 4 rings (SSSR count). The number of hydrogen-bond acceptors (Lipinski definition) is 4. The fourth-order valence-electron chi connectivity index (χ4n) is 4.12. The molecule has 2 aliphatic rings. The van der Waals surface area contributed by atoms with Crippen LogP contribution in [0.1, 0.15) is 44.1 Å². The van der Waals surface area contributed by atoms with E-state index in [0.717, 1.165) is 43.2 Å². The highest BCUT2D eigenvalue weighted by Gasteiger charge is 2.13. The van der Waals surface area contributed by atoms with Crippen LogP contribution in [0.25, 0.3) is 0 Å².